The molecule has 1 saturated heterocycles. The highest BCUT2D eigenvalue weighted by atomic mass is 19.4. The average molecular weight is 429 g/mol. The highest BCUT2D eigenvalue weighted by molar-refractivity contribution is 5.79. The minimum absolute atomic E-state index is 0.0457. The number of amides is 1. The molecule has 5 nitrogen and oxygen atoms in total. The molecular formula is C20H20F5N3O2. The van der Waals surface area contributed by atoms with Gasteiger partial charge in [-0.25, -0.2) is 4.98 Å². The van der Waals surface area contributed by atoms with E-state index in [4.69, 9.17) is 0 Å². The third-order valence-corrected chi connectivity index (χ3v) is 4.88. The first kappa shape index (κ1) is 21.8. The summed E-state index contributed by atoms with van der Waals surface area (Å²) in [4.78, 5) is 18.1. The summed E-state index contributed by atoms with van der Waals surface area (Å²) in [5.41, 5.74) is -0.0503. The highest BCUT2D eigenvalue weighted by Crippen LogP contribution is 2.30. The number of halogens is 5. The van der Waals surface area contributed by atoms with Crippen molar-refractivity contribution in [3.05, 3.63) is 53.7 Å². The van der Waals surface area contributed by atoms with Crippen LogP contribution in [0.25, 0.3) is 0 Å². The predicted molar refractivity (Wildman–Crippen MR) is 99.1 cm³/mol. The molecular weight excluding hydrogens is 409 g/mol. The summed E-state index contributed by atoms with van der Waals surface area (Å²) in [7, 11) is 0. The SMILES string of the molecule is O=C(NCc1ccc(OC(F)F)cc1)C1CCN(c2ccc(C(F)(F)F)cn2)CC1. The monoisotopic (exact) mass is 429 g/mol. The van der Waals surface area contributed by atoms with Gasteiger partial charge in [0, 0.05) is 31.7 Å². The van der Waals surface area contributed by atoms with Crippen LogP contribution in [-0.4, -0.2) is 30.6 Å². The Morgan fingerprint density at radius 1 is 1.13 bits per heavy atom. The van der Waals surface area contributed by atoms with E-state index in [0.717, 1.165) is 17.8 Å². The van der Waals surface area contributed by atoms with Crippen LogP contribution >= 0.6 is 0 Å². The molecule has 1 fully saturated rings. The Morgan fingerprint density at radius 2 is 1.80 bits per heavy atom. The third kappa shape index (κ3) is 5.80. The summed E-state index contributed by atoms with van der Waals surface area (Å²) in [6.07, 6.45) is -2.51. The van der Waals surface area contributed by atoms with Crippen molar-refractivity contribution in [2.24, 2.45) is 5.92 Å². The second-order valence-corrected chi connectivity index (χ2v) is 6.90. The van der Waals surface area contributed by atoms with Gasteiger partial charge in [0.25, 0.3) is 0 Å². The quantitative estimate of drug-likeness (QED) is 0.699. The van der Waals surface area contributed by atoms with Gasteiger partial charge in [0.1, 0.15) is 11.6 Å². The first-order valence-electron chi connectivity index (χ1n) is 9.32. The first-order chi connectivity index (χ1) is 14.2. The number of anilines is 1. The van der Waals surface area contributed by atoms with Crippen molar-refractivity contribution in [3.63, 3.8) is 0 Å². The van der Waals surface area contributed by atoms with Gasteiger partial charge in [0.15, 0.2) is 0 Å². The maximum absolute atomic E-state index is 12.6. The molecule has 1 aliphatic heterocycles. The van der Waals surface area contributed by atoms with Gasteiger partial charge in [-0.15, -0.1) is 0 Å². The average Bonchev–Trinajstić information content (AvgIpc) is 2.72. The summed E-state index contributed by atoms with van der Waals surface area (Å²) >= 11 is 0. The summed E-state index contributed by atoms with van der Waals surface area (Å²) < 4.78 is 66.5. The number of rotatable bonds is 6. The van der Waals surface area contributed by atoms with Gasteiger partial charge in [-0.1, -0.05) is 12.1 Å². The van der Waals surface area contributed by atoms with Crippen molar-refractivity contribution in [1.29, 1.82) is 0 Å². The number of pyridine rings is 1. The number of hydrogen-bond acceptors (Lipinski definition) is 4. The standard InChI is InChI=1S/C20H20F5N3O2/c21-19(22)30-16-4-1-13(2-5-16)11-27-18(29)14-7-9-28(10-8-14)17-6-3-15(12-26-17)20(23,24)25/h1-6,12,14,19H,7-11H2,(H,27,29). The lowest BCUT2D eigenvalue weighted by Crippen LogP contribution is -2.40. The molecule has 0 bridgehead atoms. The van der Waals surface area contributed by atoms with E-state index in [1.807, 2.05) is 4.90 Å². The van der Waals surface area contributed by atoms with Crippen molar-refractivity contribution in [3.8, 4) is 5.75 Å². The Bertz CT molecular complexity index is 833. The Kier molecular flexibility index (Phi) is 6.73. The fourth-order valence-corrected chi connectivity index (χ4v) is 3.23. The Labute approximate surface area is 169 Å². The normalized spacial score (nSPS) is 15.3. The molecule has 2 aromatic rings. The Balaban J connectivity index is 1.46. The number of aromatic nitrogens is 1. The summed E-state index contributed by atoms with van der Waals surface area (Å²) in [6, 6.07) is 8.34. The van der Waals surface area contributed by atoms with Crippen LogP contribution in [-0.2, 0) is 17.5 Å². The fourth-order valence-electron chi connectivity index (χ4n) is 3.23. The van der Waals surface area contributed by atoms with E-state index in [0.29, 0.717) is 31.7 Å². The fraction of sp³-hybridized carbons (Fsp3) is 0.400. The van der Waals surface area contributed by atoms with E-state index in [9.17, 15) is 26.7 Å². The van der Waals surface area contributed by atoms with Crippen LogP contribution in [0.4, 0.5) is 27.8 Å². The lowest BCUT2D eigenvalue weighted by molar-refractivity contribution is -0.137. The van der Waals surface area contributed by atoms with Crippen LogP contribution in [0.5, 0.6) is 5.75 Å². The smallest absolute Gasteiger partial charge is 0.417 e. The van der Waals surface area contributed by atoms with Crippen LogP contribution in [0.1, 0.15) is 24.0 Å². The number of ether oxygens (including phenoxy) is 1. The van der Waals surface area contributed by atoms with Gasteiger partial charge in [0.2, 0.25) is 5.91 Å². The molecule has 2 heterocycles. The van der Waals surface area contributed by atoms with Crippen LogP contribution in [0.2, 0.25) is 0 Å². The summed E-state index contributed by atoms with van der Waals surface area (Å²) in [6.45, 7) is -1.61. The second-order valence-electron chi connectivity index (χ2n) is 6.90. The second kappa shape index (κ2) is 9.27. The van der Waals surface area contributed by atoms with Crippen molar-refractivity contribution >= 4 is 11.7 Å². The number of benzene rings is 1. The molecule has 162 valence electrons. The lowest BCUT2D eigenvalue weighted by Gasteiger charge is -2.32. The summed E-state index contributed by atoms with van der Waals surface area (Å²) in [5.74, 6) is 0.164. The van der Waals surface area contributed by atoms with Crippen molar-refractivity contribution in [2.75, 3.05) is 18.0 Å². The zero-order valence-corrected chi connectivity index (χ0v) is 15.8. The van der Waals surface area contributed by atoms with E-state index in [1.165, 1.54) is 18.2 Å². The van der Waals surface area contributed by atoms with Crippen molar-refractivity contribution in [2.45, 2.75) is 32.2 Å². The van der Waals surface area contributed by atoms with Gasteiger partial charge >= 0.3 is 12.8 Å². The Hall–Kier alpha value is -2.91. The number of carbonyl (C=O) groups excluding carboxylic acids is 1. The largest absolute Gasteiger partial charge is 0.435 e. The van der Waals surface area contributed by atoms with Gasteiger partial charge in [-0.2, -0.15) is 22.0 Å². The zero-order chi connectivity index (χ0) is 21.7. The molecule has 0 spiro atoms. The van der Waals surface area contributed by atoms with E-state index in [-0.39, 0.29) is 24.1 Å². The molecule has 0 aliphatic carbocycles. The van der Waals surface area contributed by atoms with E-state index in [2.05, 4.69) is 15.0 Å². The van der Waals surface area contributed by atoms with Gasteiger partial charge in [0.05, 0.1) is 5.56 Å². The van der Waals surface area contributed by atoms with Gasteiger partial charge in [-0.05, 0) is 42.7 Å². The number of carbonyl (C=O) groups is 1. The number of nitrogens with one attached hydrogen (secondary N) is 1. The Morgan fingerprint density at radius 3 is 2.33 bits per heavy atom. The minimum atomic E-state index is -4.42. The molecule has 30 heavy (non-hydrogen) atoms. The van der Waals surface area contributed by atoms with Crippen LogP contribution in [0.15, 0.2) is 42.6 Å². The molecule has 0 atom stereocenters. The van der Waals surface area contributed by atoms with Crippen LogP contribution in [0, 0.1) is 5.92 Å². The lowest BCUT2D eigenvalue weighted by atomic mass is 9.95. The molecule has 3 rings (SSSR count). The third-order valence-electron chi connectivity index (χ3n) is 4.88. The minimum Gasteiger partial charge on any atom is -0.435 e. The number of alkyl halides is 5. The highest BCUT2D eigenvalue weighted by Gasteiger charge is 2.31. The van der Waals surface area contributed by atoms with Gasteiger partial charge in [-0.3, -0.25) is 4.79 Å². The molecule has 0 unspecified atom stereocenters. The van der Waals surface area contributed by atoms with Crippen molar-refractivity contribution in [1.82, 2.24) is 10.3 Å². The maximum Gasteiger partial charge on any atom is 0.417 e. The number of piperidine rings is 1. The molecule has 1 N–H and O–H groups in total. The topological polar surface area (TPSA) is 54.5 Å². The van der Waals surface area contributed by atoms with E-state index < -0.39 is 18.4 Å². The first-order valence-corrected chi connectivity index (χ1v) is 9.32. The molecule has 0 saturated carbocycles. The number of hydrogen-bond donors (Lipinski definition) is 1. The maximum atomic E-state index is 12.6. The molecule has 10 heteroatoms. The molecule has 1 aromatic carbocycles. The molecule has 1 amide bonds. The molecule has 1 aromatic heterocycles. The molecule has 1 aliphatic rings. The van der Waals surface area contributed by atoms with Crippen molar-refractivity contribution < 1.29 is 31.5 Å². The zero-order valence-electron chi connectivity index (χ0n) is 15.8. The van der Waals surface area contributed by atoms with Crippen LogP contribution < -0.4 is 15.0 Å². The summed E-state index contributed by atoms with van der Waals surface area (Å²) in [5, 5.41) is 2.82. The van der Waals surface area contributed by atoms with E-state index >= 15 is 0 Å². The predicted octanol–water partition coefficient (Wildman–Crippen LogP) is 4.23. The molecule has 0 radical (unpaired) electrons. The van der Waals surface area contributed by atoms with Gasteiger partial charge < -0.3 is 15.0 Å². The number of nitrogens with zero attached hydrogens (tertiary/aromatic N) is 2. The van der Waals surface area contributed by atoms with E-state index in [1.54, 1.807) is 12.1 Å². The van der Waals surface area contributed by atoms with Crippen LogP contribution in [0.3, 0.4) is 0 Å².